The molecular formula is C25H35N3O3S. The van der Waals surface area contributed by atoms with Gasteiger partial charge in [-0.15, -0.1) is 11.3 Å². The number of nitrogens with one attached hydrogen (secondary N) is 1. The first kappa shape index (κ1) is 24.1. The number of carbonyl (C=O) groups excluding carboxylic acids is 2. The lowest BCUT2D eigenvalue weighted by Crippen LogP contribution is -2.50. The molecule has 0 saturated heterocycles. The molecule has 0 radical (unpaired) electrons. The molecule has 1 aromatic heterocycles. The van der Waals surface area contributed by atoms with Crippen molar-refractivity contribution < 1.29 is 14.3 Å². The largest absolute Gasteiger partial charge is 0.491 e. The van der Waals surface area contributed by atoms with E-state index >= 15 is 0 Å². The molecule has 32 heavy (non-hydrogen) atoms. The lowest BCUT2D eigenvalue weighted by molar-refractivity contribution is -0.135. The van der Waals surface area contributed by atoms with Gasteiger partial charge in [0.2, 0.25) is 5.91 Å². The lowest BCUT2D eigenvalue weighted by atomic mass is 10.0. The molecule has 0 aliphatic carbocycles. The maximum Gasteiger partial charge on any atom is 0.317 e. The smallest absolute Gasteiger partial charge is 0.317 e. The number of nitrogens with zero attached hydrogens (tertiary/aromatic N) is 2. The van der Waals surface area contributed by atoms with Gasteiger partial charge >= 0.3 is 6.03 Å². The number of urea groups is 1. The second-order valence-corrected chi connectivity index (χ2v) is 9.72. The minimum atomic E-state index is -0.179. The number of carbonyl (C=O) groups is 2. The number of benzene rings is 1. The second kappa shape index (κ2) is 11.4. The van der Waals surface area contributed by atoms with Crippen LogP contribution in [0.1, 0.15) is 49.2 Å². The van der Waals surface area contributed by atoms with Gasteiger partial charge in [0.1, 0.15) is 18.9 Å². The Bertz CT molecular complexity index is 894. The van der Waals surface area contributed by atoms with Gasteiger partial charge in [0.15, 0.2) is 0 Å². The van der Waals surface area contributed by atoms with Gasteiger partial charge in [0.05, 0.1) is 6.04 Å². The first-order chi connectivity index (χ1) is 15.4. The summed E-state index contributed by atoms with van der Waals surface area (Å²) < 4.78 is 6.09. The molecule has 6 nitrogen and oxygen atoms in total. The topological polar surface area (TPSA) is 61.9 Å². The van der Waals surface area contributed by atoms with E-state index < -0.39 is 0 Å². The molecule has 0 bridgehead atoms. The molecule has 3 rings (SSSR count). The summed E-state index contributed by atoms with van der Waals surface area (Å²) >= 11 is 1.74. The first-order valence-electron chi connectivity index (χ1n) is 11.5. The zero-order valence-electron chi connectivity index (χ0n) is 19.6. The monoisotopic (exact) mass is 457 g/mol. The highest BCUT2D eigenvalue weighted by Gasteiger charge is 2.33. The summed E-state index contributed by atoms with van der Waals surface area (Å²) in [5.74, 6) is 1.22. The summed E-state index contributed by atoms with van der Waals surface area (Å²) in [6.07, 6.45) is 1.70. The van der Waals surface area contributed by atoms with Crippen molar-refractivity contribution in [3.05, 3.63) is 51.7 Å². The fourth-order valence-electron chi connectivity index (χ4n) is 3.87. The molecule has 7 heteroatoms. The van der Waals surface area contributed by atoms with Crippen LogP contribution < -0.4 is 10.1 Å². The standard InChI is InChI=1S/C25H35N3O3S/c1-5-26-25(30)27(13-10-18(2)3)16-24(29)28-14-11-23-21(12-15-32-23)22(28)17-31-20-8-6-19(4)7-9-20/h6-9,12,15,18,22H,5,10-11,13-14,16-17H2,1-4H3,(H,26,30)/t22-/m0/s1. The van der Waals surface area contributed by atoms with Crippen LogP contribution in [0.2, 0.25) is 0 Å². The SMILES string of the molecule is CCNC(=O)N(CCC(C)C)CC(=O)N1CCc2sccc2[C@@H]1COc1ccc(C)cc1. The van der Waals surface area contributed by atoms with Crippen LogP contribution >= 0.6 is 11.3 Å². The van der Waals surface area contributed by atoms with E-state index in [1.165, 1.54) is 10.4 Å². The van der Waals surface area contributed by atoms with Crippen molar-refractivity contribution in [2.24, 2.45) is 5.92 Å². The molecule has 174 valence electrons. The Morgan fingerprint density at radius 3 is 2.69 bits per heavy atom. The summed E-state index contributed by atoms with van der Waals surface area (Å²) in [4.78, 5) is 30.8. The maximum atomic E-state index is 13.4. The fourth-order valence-corrected chi connectivity index (χ4v) is 4.80. The van der Waals surface area contributed by atoms with Crippen LogP contribution in [-0.2, 0) is 11.2 Å². The van der Waals surface area contributed by atoms with Crippen LogP contribution in [0.25, 0.3) is 0 Å². The van der Waals surface area contributed by atoms with E-state index in [1.54, 1.807) is 16.2 Å². The molecular weight excluding hydrogens is 422 g/mol. The average Bonchev–Trinajstić information content (AvgIpc) is 3.25. The zero-order valence-corrected chi connectivity index (χ0v) is 20.4. The van der Waals surface area contributed by atoms with Crippen molar-refractivity contribution in [3.8, 4) is 5.75 Å². The van der Waals surface area contributed by atoms with Crippen molar-refractivity contribution in [2.75, 3.05) is 32.8 Å². The molecule has 0 spiro atoms. The Balaban J connectivity index is 1.74. The quantitative estimate of drug-likeness (QED) is 0.597. The van der Waals surface area contributed by atoms with Gasteiger partial charge in [0.25, 0.3) is 0 Å². The van der Waals surface area contributed by atoms with Crippen LogP contribution in [-0.4, -0.2) is 54.5 Å². The maximum absolute atomic E-state index is 13.4. The third-order valence-electron chi connectivity index (χ3n) is 5.76. The predicted molar refractivity (Wildman–Crippen MR) is 129 cm³/mol. The van der Waals surface area contributed by atoms with Crippen LogP contribution in [0.5, 0.6) is 5.75 Å². The minimum Gasteiger partial charge on any atom is -0.491 e. The molecule has 1 aromatic carbocycles. The Morgan fingerprint density at radius 2 is 2.00 bits per heavy atom. The van der Waals surface area contributed by atoms with Crippen LogP contribution in [0.3, 0.4) is 0 Å². The summed E-state index contributed by atoms with van der Waals surface area (Å²) in [6.45, 7) is 10.4. The number of fused-ring (bicyclic) bond motifs is 1. The molecule has 0 saturated carbocycles. The van der Waals surface area contributed by atoms with E-state index in [2.05, 4.69) is 30.6 Å². The molecule has 1 atom stereocenters. The third kappa shape index (κ3) is 6.25. The predicted octanol–water partition coefficient (Wildman–Crippen LogP) is 4.64. The Morgan fingerprint density at radius 1 is 1.25 bits per heavy atom. The normalized spacial score (nSPS) is 15.4. The van der Waals surface area contributed by atoms with E-state index in [0.29, 0.717) is 32.2 Å². The third-order valence-corrected chi connectivity index (χ3v) is 6.76. The Hall–Kier alpha value is -2.54. The first-order valence-corrected chi connectivity index (χ1v) is 12.3. The van der Waals surface area contributed by atoms with Crippen LogP contribution in [0.15, 0.2) is 35.7 Å². The van der Waals surface area contributed by atoms with Gasteiger partial charge in [-0.3, -0.25) is 4.79 Å². The van der Waals surface area contributed by atoms with Crippen LogP contribution in [0.4, 0.5) is 4.79 Å². The Kier molecular flexibility index (Phi) is 8.56. The van der Waals surface area contributed by atoms with E-state index in [9.17, 15) is 9.59 Å². The molecule has 3 amide bonds. The van der Waals surface area contributed by atoms with E-state index in [1.807, 2.05) is 43.0 Å². The molecule has 1 N–H and O–H groups in total. The fraction of sp³-hybridized carbons (Fsp3) is 0.520. The van der Waals surface area contributed by atoms with Crippen molar-refractivity contribution in [2.45, 2.75) is 46.6 Å². The van der Waals surface area contributed by atoms with Gasteiger partial charge < -0.3 is 19.9 Å². The van der Waals surface area contributed by atoms with Crippen molar-refractivity contribution in [1.29, 1.82) is 0 Å². The summed E-state index contributed by atoms with van der Waals surface area (Å²) in [5, 5.41) is 4.93. The molecule has 0 unspecified atom stereocenters. The number of amides is 3. The van der Waals surface area contributed by atoms with Gasteiger partial charge in [-0.2, -0.15) is 0 Å². The number of aryl methyl sites for hydroxylation is 1. The summed E-state index contributed by atoms with van der Waals surface area (Å²) in [6, 6.07) is 9.73. The van der Waals surface area contributed by atoms with E-state index in [0.717, 1.165) is 24.2 Å². The Labute approximate surface area is 195 Å². The molecule has 2 heterocycles. The number of thiophene rings is 1. The van der Waals surface area contributed by atoms with Crippen molar-refractivity contribution in [3.63, 3.8) is 0 Å². The average molecular weight is 458 g/mol. The van der Waals surface area contributed by atoms with Crippen molar-refractivity contribution >= 4 is 23.3 Å². The molecule has 2 aromatic rings. The van der Waals surface area contributed by atoms with Gasteiger partial charge in [-0.05, 0) is 61.7 Å². The summed E-state index contributed by atoms with van der Waals surface area (Å²) in [7, 11) is 0. The van der Waals surface area contributed by atoms with Gasteiger partial charge in [-0.25, -0.2) is 4.79 Å². The van der Waals surface area contributed by atoms with Gasteiger partial charge in [0, 0.05) is 24.5 Å². The molecule has 0 fully saturated rings. The lowest BCUT2D eigenvalue weighted by Gasteiger charge is -2.37. The zero-order chi connectivity index (χ0) is 23.1. The number of hydrogen-bond acceptors (Lipinski definition) is 4. The van der Waals surface area contributed by atoms with Crippen LogP contribution in [0, 0.1) is 12.8 Å². The van der Waals surface area contributed by atoms with Crippen molar-refractivity contribution in [1.82, 2.24) is 15.1 Å². The highest BCUT2D eigenvalue weighted by Crippen LogP contribution is 2.34. The molecule has 1 aliphatic heterocycles. The van der Waals surface area contributed by atoms with E-state index in [4.69, 9.17) is 4.74 Å². The number of ether oxygens (including phenoxy) is 1. The second-order valence-electron chi connectivity index (χ2n) is 8.72. The number of rotatable bonds is 9. The molecule has 1 aliphatic rings. The minimum absolute atomic E-state index is 0.0330. The highest BCUT2D eigenvalue weighted by atomic mass is 32.1. The van der Waals surface area contributed by atoms with Gasteiger partial charge in [-0.1, -0.05) is 31.5 Å². The summed E-state index contributed by atoms with van der Waals surface area (Å²) in [5.41, 5.74) is 2.34. The number of hydrogen-bond donors (Lipinski definition) is 1. The highest BCUT2D eigenvalue weighted by molar-refractivity contribution is 7.10. The van der Waals surface area contributed by atoms with E-state index in [-0.39, 0.29) is 24.5 Å².